The summed E-state index contributed by atoms with van der Waals surface area (Å²) in [5.41, 5.74) is 2.89. The van der Waals surface area contributed by atoms with Crippen LogP contribution in [0.1, 0.15) is 40.5 Å². The average molecular weight is 164 g/mol. The fraction of sp³-hybridized carbons (Fsp3) is 0.500. The van der Waals surface area contributed by atoms with Crippen molar-refractivity contribution in [3.05, 3.63) is 35.5 Å². The van der Waals surface area contributed by atoms with Gasteiger partial charge in [-0.2, -0.15) is 0 Å². The molecule has 0 saturated heterocycles. The zero-order valence-electron chi connectivity index (χ0n) is 8.72. The summed E-state index contributed by atoms with van der Waals surface area (Å²) < 4.78 is 0. The summed E-state index contributed by atoms with van der Waals surface area (Å²) in [5, 5.41) is 0. The maximum atomic E-state index is 2.28. The standard InChI is InChI=1S/C12H20/c1-5-7-8-12(6-2)10-9-11(3)4/h5-7,9H,8,10H2,1-4H3. The van der Waals surface area contributed by atoms with Gasteiger partial charge in [0.15, 0.2) is 0 Å². The lowest BCUT2D eigenvalue weighted by Gasteiger charge is -1.99. The highest BCUT2D eigenvalue weighted by molar-refractivity contribution is 5.12. The fourth-order valence-electron chi connectivity index (χ4n) is 0.923. The maximum Gasteiger partial charge on any atom is -0.0133 e. The maximum absolute atomic E-state index is 2.28. The van der Waals surface area contributed by atoms with Gasteiger partial charge in [-0.15, -0.1) is 0 Å². The second-order valence-corrected chi connectivity index (χ2v) is 3.21. The highest BCUT2D eigenvalue weighted by atomic mass is 14.0. The highest BCUT2D eigenvalue weighted by Gasteiger charge is 1.89. The first kappa shape index (κ1) is 11.2. The Labute approximate surface area is 76.7 Å². The fourth-order valence-corrected chi connectivity index (χ4v) is 0.923. The lowest BCUT2D eigenvalue weighted by atomic mass is 10.1. The topological polar surface area (TPSA) is 0 Å². The number of rotatable bonds is 4. The summed E-state index contributed by atoms with van der Waals surface area (Å²) >= 11 is 0. The minimum atomic E-state index is 1.09. The molecule has 0 aliphatic heterocycles. The van der Waals surface area contributed by atoms with Gasteiger partial charge in [0.25, 0.3) is 0 Å². The van der Waals surface area contributed by atoms with Crippen molar-refractivity contribution in [1.82, 2.24) is 0 Å². The second kappa shape index (κ2) is 6.90. The first-order chi connectivity index (χ1) is 5.70. The molecular formula is C12H20. The van der Waals surface area contributed by atoms with Gasteiger partial charge in [0, 0.05) is 0 Å². The Morgan fingerprint density at radius 1 is 1.08 bits per heavy atom. The van der Waals surface area contributed by atoms with Crippen molar-refractivity contribution < 1.29 is 0 Å². The third-order valence-corrected chi connectivity index (χ3v) is 1.80. The van der Waals surface area contributed by atoms with Gasteiger partial charge in [0.2, 0.25) is 0 Å². The molecule has 0 nitrogen and oxygen atoms in total. The third-order valence-electron chi connectivity index (χ3n) is 1.80. The van der Waals surface area contributed by atoms with Crippen LogP contribution in [0.2, 0.25) is 0 Å². The number of hydrogen-bond donors (Lipinski definition) is 0. The molecule has 0 aliphatic carbocycles. The highest BCUT2D eigenvalue weighted by Crippen LogP contribution is 2.09. The van der Waals surface area contributed by atoms with Crippen LogP contribution in [0.3, 0.4) is 0 Å². The molecule has 0 bridgehead atoms. The Morgan fingerprint density at radius 3 is 2.17 bits per heavy atom. The van der Waals surface area contributed by atoms with E-state index in [1.165, 1.54) is 11.1 Å². The lowest BCUT2D eigenvalue weighted by molar-refractivity contribution is 1.08. The largest absolute Gasteiger partial charge is 0.0913 e. The van der Waals surface area contributed by atoms with Crippen molar-refractivity contribution in [1.29, 1.82) is 0 Å². The monoisotopic (exact) mass is 164 g/mol. The van der Waals surface area contributed by atoms with Crippen LogP contribution < -0.4 is 0 Å². The van der Waals surface area contributed by atoms with E-state index in [1.54, 1.807) is 0 Å². The molecule has 0 atom stereocenters. The molecule has 0 aromatic heterocycles. The summed E-state index contributed by atoms with van der Waals surface area (Å²) in [6.07, 6.45) is 11.0. The first-order valence-corrected chi connectivity index (χ1v) is 4.59. The molecule has 0 aromatic rings. The number of hydrogen-bond acceptors (Lipinski definition) is 0. The van der Waals surface area contributed by atoms with E-state index in [4.69, 9.17) is 0 Å². The molecule has 0 N–H and O–H groups in total. The molecule has 0 amide bonds. The SMILES string of the molecule is CC=CCC(=CC)CC=C(C)C. The summed E-state index contributed by atoms with van der Waals surface area (Å²) in [7, 11) is 0. The van der Waals surface area contributed by atoms with Crippen LogP contribution in [0.5, 0.6) is 0 Å². The molecular weight excluding hydrogens is 144 g/mol. The predicted molar refractivity (Wildman–Crippen MR) is 57.2 cm³/mol. The summed E-state index contributed by atoms with van der Waals surface area (Å²) in [6.45, 7) is 8.46. The van der Waals surface area contributed by atoms with Crippen molar-refractivity contribution in [3.8, 4) is 0 Å². The minimum Gasteiger partial charge on any atom is -0.0913 e. The van der Waals surface area contributed by atoms with Crippen LogP contribution in [0, 0.1) is 0 Å². The van der Waals surface area contributed by atoms with Crippen molar-refractivity contribution >= 4 is 0 Å². The lowest BCUT2D eigenvalue weighted by Crippen LogP contribution is -1.79. The predicted octanol–water partition coefficient (Wildman–Crippen LogP) is 4.26. The van der Waals surface area contributed by atoms with Crippen molar-refractivity contribution in [2.75, 3.05) is 0 Å². The summed E-state index contributed by atoms with van der Waals surface area (Å²) in [4.78, 5) is 0. The third kappa shape index (κ3) is 5.96. The normalized spacial score (nSPS) is 12.2. The van der Waals surface area contributed by atoms with Crippen LogP contribution in [0.25, 0.3) is 0 Å². The zero-order valence-corrected chi connectivity index (χ0v) is 8.72. The second-order valence-electron chi connectivity index (χ2n) is 3.21. The van der Waals surface area contributed by atoms with E-state index in [0.29, 0.717) is 0 Å². The van der Waals surface area contributed by atoms with E-state index in [0.717, 1.165) is 12.8 Å². The van der Waals surface area contributed by atoms with E-state index in [-0.39, 0.29) is 0 Å². The molecule has 0 aliphatic rings. The molecule has 0 fully saturated rings. The van der Waals surface area contributed by atoms with Crippen molar-refractivity contribution in [2.45, 2.75) is 40.5 Å². The molecule has 0 aromatic carbocycles. The van der Waals surface area contributed by atoms with Gasteiger partial charge in [0.1, 0.15) is 0 Å². The van der Waals surface area contributed by atoms with Gasteiger partial charge in [-0.3, -0.25) is 0 Å². The van der Waals surface area contributed by atoms with E-state index >= 15 is 0 Å². The zero-order chi connectivity index (χ0) is 9.40. The average Bonchev–Trinajstić information content (AvgIpc) is 2.05. The smallest absolute Gasteiger partial charge is 0.0133 e. The summed E-state index contributed by atoms with van der Waals surface area (Å²) in [6, 6.07) is 0. The minimum absolute atomic E-state index is 1.09. The molecule has 0 heterocycles. The Kier molecular flexibility index (Phi) is 6.45. The molecule has 0 rings (SSSR count). The van der Waals surface area contributed by atoms with Crippen molar-refractivity contribution in [2.24, 2.45) is 0 Å². The van der Waals surface area contributed by atoms with E-state index < -0.39 is 0 Å². The van der Waals surface area contributed by atoms with Crippen LogP contribution in [-0.2, 0) is 0 Å². The Morgan fingerprint density at radius 2 is 1.75 bits per heavy atom. The molecule has 0 unspecified atom stereocenters. The molecule has 0 saturated carbocycles. The Bertz CT molecular complexity index is 188. The first-order valence-electron chi connectivity index (χ1n) is 4.59. The van der Waals surface area contributed by atoms with E-state index in [1.807, 2.05) is 0 Å². The van der Waals surface area contributed by atoms with Crippen LogP contribution in [-0.4, -0.2) is 0 Å². The van der Waals surface area contributed by atoms with Gasteiger partial charge in [0.05, 0.1) is 0 Å². The van der Waals surface area contributed by atoms with Gasteiger partial charge < -0.3 is 0 Å². The van der Waals surface area contributed by atoms with Crippen molar-refractivity contribution in [3.63, 3.8) is 0 Å². The molecule has 0 radical (unpaired) electrons. The van der Waals surface area contributed by atoms with Gasteiger partial charge in [-0.25, -0.2) is 0 Å². The Hall–Kier alpha value is -0.780. The molecule has 0 heteroatoms. The van der Waals surface area contributed by atoms with E-state index in [9.17, 15) is 0 Å². The molecule has 0 spiro atoms. The number of allylic oxidation sites excluding steroid dienone is 6. The van der Waals surface area contributed by atoms with Gasteiger partial charge >= 0.3 is 0 Å². The van der Waals surface area contributed by atoms with Crippen LogP contribution in [0.15, 0.2) is 35.5 Å². The van der Waals surface area contributed by atoms with Gasteiger partial charge in [-0.05, 0) is 40.5 Å². The quantitative estimate of drug-likeness (QED) is 0.545. The van der Waals surface area contributed by atoms with Crippen LogP contribution >= 0.6 is 0 Å². The van der Waals surface area contributed by atoms with E-state index in [2.05, 4.69) is 52.0 Å². The van der Waals surface area contributed by atoms with Crippen LogP contribution in [0.4, 0.5) is 0 Å². The molecule has 12 heavy (non-hydrogen) atoms. The molecule has 68 valence electrons. The Balaban J connectivity index is 3.94. The van der Waals surface area contributed by atoms with Gasteiger partial charge in [-0.1, -0.05) is 35.5 Å². The summed E-state index contributed by atoms with van der Waals surface area (Å²) in [5.74, 6) is 0.